The number of phenols is 2. The van der Waals surface area contributed by atoms with E-state index < -0.39 is 26.2 Å². The Morgan fingerprint density at radius 3 is 2.03 bits per heavy atom. The van der Waals surface area contributed by atoms with Gasteiger partial charge in [0.05, 0.1) is 5.02 Å². The minimum atomic E-state index is -5.14. The third-order valence-electron chi connectivity index (χ3n) is 4.38. The summed E-state index contributed by atoms with van der Waals surface area (Å²) in [6, 6.07) is 11.6. The molecule has 0 spiro atoms. The van der Waals surface area contributed by atoms with Crippen molar-refractivity contribution < 1.29 is 23.2 Å². The van der Waals surface area contributed by atoms with E-state index in [2.05, 4.69) is 0 Å². The zero-order valence-electron chi connectivity index (χ0n) is 14.3. The summed E-state index contributed by atoms with van der Waals surface area (Å²) in [5, 5.41) is 20.3. The molecule has 0 aliphatic carbocycles. The highest BCUT2D eigenvalue weighted by Crippen LogP contribution is 2.53. The first-order valence-corrected chi connectivity index (χ1v) is 10.8. The molecule has 0 radical (unpaired) electrons. The molecule has 1 unspecified atom stereocenters. The molecule has 29 heavy (non-hydrogen) atoms. The van der Waals surface area contributed by atoms with E-state index in [1.807, 2.05) is 0 Å². The lowest BCUT2D eigenvalue weighted by molar-refractivity contribution is 0.439. The molecule has 3 rings (SSSR count). The van der Waals surface area contributed by atoms with Gasteiger partial charge in [0.1, 0.15) is 11.5 Å². The smallest absolute Gasteiger partial charge is 0.283 e. The number of hydrogen-bond donors (Lipinski definition) is 3. The average Bonchev–Trinajstić information content (AvgIpc) is 2.62. The van der Waals surface area contributed by atoms with Crippen LogP contribution in [0.5, 0.6) is 11.5 Å². The predicted molar refractivity (Wildman–Crippen MR) is 114 cm³/mol. The molecule has 3 aromatic carbocycles. The lowest BCUT2D eigenvalue weighted by Gasteiger charge is -2.34. The summed E-state index contributed by atoms with van der Waals surface area (Å²) in [5.74, 6) is -0.968. The monoisotopic (exact) mass is 492 g/mol. The largest absolute Gasteiger partial charge is 0.508 e. The summed E-state index contributed by atoms with van der Waals surface area (Å²) in [6.07, 6.45) is 0. The molecule has 10 heteroatoms. The first-order valence-electron chi connectivity index (χ1n) is 7.89. The molecular weight excluding hydrogens is 482 g/mol. The Kier molecular flexibility index (Phi) is 5.98. The van der Waals surface area contributed by atoms with Crippen molar-refractivity contribution in [2.75, 3.05) is 0 Å². The SMILES string of the molecule is O=S(=O)(O)C(c1cccc(O)c1)(c1ccc(Cl)cc1Cl)c1c(Cl)ccc(Cl)c1O. The van der Waals surface area contributed by atoms with Crippen LogP contribution in [-0.2, 0) is 14.9 Å². The van der Waals surface area contributed by atoms with Crippen molar-refractivity contribution >= 4 is 56.5 Å². The molecule has 0 saturated carbocycles. The van der Waals surface area contributed by atoms with Crippen molar-refractivity contribution in [1.29, 1.82) is 0 Å². The Labute approximate surface area is 186 Å². The molecular formula is C19H12Cl4O5S. The zero-order valence-corrected chi connectivity index (χ0v) is 18.1. The van der Waals surface area contributed by atoms with Gasteiger partial charge in [-0.05, 0) is 42.0 Å². The van der Waals surface area contributed by atoms with Crippen LogP contribution < -0.4 is 0 Å². The highest BCUT2D eigenvalue weighted by molar-refractivity contribution is 7.87. The van der Waals surface area contributed by atoms with Crippen LogP contribution in [0.25, 0.3) is 0 Å². The topological polar surface area (TPSA) is 94.8 Å². The van der Waals surface area contributed by atoms with Crippen molar-refractivity contribution in [3.05, 3.63) is 91.4 Å². The van der Waals surface area contributed by atoms with Crippen LogP contribution >= 0.6 is 46.4 Å². The van der Waals surface area contributed by atoms with E-state index in [0.717, 1.165) is 6.07 Å². The number of phenolic OH excluding ortho intramolecular Hbond substituents is 2. The van der Waals surface area contributed by atoms with E-state index in [0.29, 0.717) is 0 Å². The molecule has 0 fully saturated rings. The third kappa shape index (κ3) is 3.65. The van der Waals surface area contributed by atoms with Gasteiger partial charge in [-0.3, -0.25) is 4.55 Å². The molecule has 5 nitrogen and oxygen atoms in total. The normalized spacial score (nSPS) is 13.8. The van der Waals surface area contributed by atoms with Crippen LogP contribution in [0, 0.1) is 0 Å². The molecule has 0 saturated heterocycles. The van der Waals surface area contributed by atoms with E-state index in [4.69, 9.17) is 46.4 Å². The molecule has 1 atom stereocenters. The lowest BCUT2D eigenvalue weighted by atomic mass is 9.83. The highest BCUT2D eigenvalue weighted by atomic mass is 35.5. The van der Waals surface area contributed by atoms with Crippen molar-refractivity contribution in [1.82, 2.24) is 0 Å². The fraction of sp³-hybridized carbons (Fsp3) is 0.0526. The first kappa shape index (κ1) is 22.0. The second-order valence-electron chi connectivity index (χ2n) is 6.08. The van der Waals surface area contributed by atoms with Gasteiger partial charge in [0.25, 0.3) is 10.1 Å². The van der Waals surface area contributed by atoms with Crippen LogP contribution in [-0.4, -0.2) is 23.2 Å². The summed E-state index contributed by atoms with van der Waals surface area (Å²) in [6.45, 7) is 0. The fourth-order valence-electron chi connectivity index (χ4n) is 3.23. The standard InChI is InChI=1S/C19H12Cl4O5S/c20-11-4-5-13(16(23)9-11)19(29(26,27)28,10-2-1-3-12(24)8-10)17-14(21)6-7-15(22)18(17)25/h1-9,24-25H,(H,26,27,28). The Morgan fingerprint density at radius 1 is 0.793 bits per heavy atom. The minimum absolute atomic E-state index is 0.131. The third-order valence-corrected chi connectivity index (χ3v) is 6.98. The number of rotatable bonds is 4. The molecule has 152 valence electrons. The number of aromatic hydroxyl groups is 2. The average molecular weight is 494 g/mol. The van der Waals surface area contributed by atoms with Crippen molar-refractivity contribution in [2.45, 2.75) is 4.75 Å². The van der Waals surface area contributed by atoms with Gasteiger partial charge in [0.15, 0.2) is 4.75 Å². The van der Waals surface area contributed by atoms with Crippen LogP contribution in [0.1, 0.15) is 16.7 Å². The first-order chi connectivity index (χ1) is 13.5. The molecule has 0 aromatic heterocycles. The van der Waals surface area contributed by atoms with Crippen LogP contribution in [0.2, 0.25) is 20.1 Å². The summed E-state index contributed by atoms with van der Waals surface area (Å²) >= 11 is 24.6. The summed E-state index contributed by atoms with van der Waals surface area (Å²) in [4.78, 5) is 0. The Balaban J connectivity index is 2.65. The number of hydrogen-bond acceptors (Lipinski definition) is 4. The van der Waals surface area contributed by atoms with Crippen LogP contribution in [0.3, 0.4) is 0 Å². The minimum Gasteiger partial charge on any atom is -0.508 e. The van der Waals surface area contributed by atoms with Gasteiger partial charge >= 0.3 is 0 Å². The second kappa shape index (κ2) is 7.87. The van der Waals surface area contributed by atoms with E-state index in [-0.39, 0.29) is 37.0 Å². The van der Waals surface area contributed by atoms with Crippen LogP contribution in [0.15, 0.2) is 54.6 Å². The fourth-order valence-corrected chi connectivity index (χ4v) is 5.69. The van der Waals surface area contributed by atoms with E-state index >= 15 is 0 Å². The van der Waals surface area contributed by atoms with E-state index in [1.165, 1.54) is 48.5 Å². The lowest BCUT2D eigenvalue weighted by Crippen LogP contribution is -2.39. The zero-order chi connectivity index (χ0) is 21.6. The molecule has 3 N–H and O–H groups in total. The van der Waals surface area contributed by atoms with E-state index in [1.54, 1.807) is 0 Å². The van der Waals surface area contributed by atoms with E-state index in [9.17, 15) is 23.2 Å². The maximum absolute atomic E-state index is 13.0. The summed E-state index contributed by atoms with van der Waals surface area (Å²) in [5.41, 5.74) is -0.719. The van der Waals surface area contributed by atoms with Crippen molar-refractivity contribution in [3.8, 4) is 11.5 Å². The Morgan fingerprint density at radius 2 is 1.45 bits per heavy atom. The Bertz CT molecular complexity index is 1210. The highest BCUT2D eigenvalue weighted by Gasteiger charge is 2.52. The van der Waals surface area contributed by atoms with Gasteiger partial charge < -0.3 is 10.2 Å². The van der Waals surface area contributed by atoms with Gasteiger partial charge in [0.2, 0.25) is 0 Å². The number of benzene rings is 3. The van der Waals surface area contributed by atoms with Crippen molar-refractivity contribution in [3.63, 3.8) is 0 Å². The van der Waals surface area contributed by atoms with Gasteiger partial charge in [-0.25, -0.2) is 0 Å². The van der Waals surface area contributed by atoms with Gasteiger partial charge in [0, 0.05) is 26.2 Å². The summed E-state index contributed by atoms with van der Waals surface area (Å²) in [7, 11) is -5.14. The molecule has 0 heterocycles. The quantitative estimate of drug-likeness (QED) is 0.311. The molecule has 0 aliphatic heterocycles. The van der Waals surface area contributed by atoms with Gasteiger partial charge in [-0.2, -0.15) is 8.42 Å². The molecule has 3 aromatic rings. The predicted octanol–water partition coefficient (Wildman–Crippen LogP) is 5.89. The van der Waals surface area contributed by atoms with Crippen LogP contribution in [0.4, 0.5) is 0 Å². The maximum Gasteiger partial charge on any atom is 0.283 e. The maximum atomic E-state index is 13.0. The molecule has 0 aliphatic rings. The Hall–Kier alpha value is -1.67. The number of halogens is 4. The summed E-state index contributed by atoms with van der Waals surface area (Å²) < 4.78 is 33.9. The second-order valence-corrected chi connectivity index (χ2v) is 9.30. The van der Waals surface area contributed by atoms with Crippen molar-refractivity contribution in [2.24, 2.45) is 0 Å². The molecule has 0 bridgehead atoms. The van der Waals surface area contributed by atoms with Gasteiger partial charge in [-0.15, -0.1) is 0 Å². The molecule has 0 amide bonds. The van der Waals surface area contributed by atoms with Gasteiger partial charge in [-0.1, -0.05) is 64.6 Å².